The van der Waals surface area contributed by atoms with Crippen molar-refractivity contribution in [1.82, 2.24) is 5.32 Å². The van der Waals surface area contributed by atoms with Gasteiger partial charge in [-0.05, 0) is 79.4 Å². The molecule has 230 valence electrons. The molecule has 3 aliphatic rings. The van der Waals surface area contributed by atoms with Crippen molar-refractivity contribution in [2.45, 2.75) is 37.0 Å². The van der Waals surface area contributed by atoms with Crippen molar-refractivity contribution < 1.29 is 0 Å². The number of nitrogens with one attached hydrogen (secondary N) is 1. The summed E-state index contributed by atoms with van der Waals surface area (Å²) in [5.74, 6) is 0.712. The molecule has 1 N–H and O–H groups in total. The van der Waals surface area contributed by atoms with Crippen molar-refractivity contribution in [1.29, 1.82) is 5.26 Å². The highest BCUT2D eigenvalue weighted by atomic mass is 15.3. The molecule has 0 fully saturated rings. The molecule has 1 aliphatic heterocycles. The molecule has 2 aliphatic carbocycles. The predicted molar refractivity (Wildman–Crippen MR) is 192 cm³/mol. The van der Waals surface area contributed by atoms with Gasteiger partial charge in [0.25, 0.3) is 0 Å². The Morgan fingerprint density at radius 2 is 1.19 bits per heavy atom. The number of benzene rings is 6. The van der Waals surface area contributed by atoms with Gasteiger partial charge in [-0.2, -0.15) is 5.26 Å². The number of amidine groups is 1. The lowest BCUT2D eigenvalue weighted by Crippen LogP contribution is -2.40. The predicted octanol–water partition coefficient (Wildman–Crippen LogP) is 9.68. The fourth-order valence-corrected chi connectivity index (χ4v) is 8.37. The lowest BCUT2D eigenvalue weighted by Gasteiger charge is -2.47. The summed E-state index contributed by atoms with van der Waals surface area (Å²) in [5.41, 5.74) is 13.5. The minimum Gasteiger partial charge on any atom is -0.445 e. The summed E-state index contributed by atoms with van der Waals surface area (Å²) >= 11 is 0. The summed E-state index contributed by atoms with van der Waals surface area (Å²) in [6.07, 6.45) is -0.609. The summed E-state index contributed by atoms with van der Waals surface area (Å²) in [5, 5.41) is 18.3. The van der Waals surface area contributed by atoms with Gasteiger partial charge in [0, 0.05) is 17.7 Å². The number of aliphatic imine (C=N–C) groups is 1. The molecule has 6 aromatic rings. The van der Waals surface area contributed by atoms with Crippen molar-refractivity contribution in [3.05, 3.63) is 207 Å². The van der Waals surface area contributed by atoms with Crippen LogP contribution in [0.15, 0.2) is 151 Å². The maximum atomic E-state index is 9.41. The van der Waals surface area contributed by atoms with E-state index in [9.17, 15) is 5.26 Å². The van der Waals surface area contributed by atoms with E-state index in [-0.39, 0.29) is 17.7 Å². The molecule has 0 bridgehead atoms. The monoisotopic (exact) mass is 617 g/mol. The Hall–Kier alpha value is -5.76. The molecule has 0 aromatic heterocycles. The van der Waals surface area contributed by atoms with E-state index in [0.29, 0.717) is 11.4 Å². The summed E-state index contributed by atoms with van der Waals surface area (Å²) in [6, 6.07) is 54.0. The van der Waals surface area contributed by atoms with Crippen LogP contribution in [0.4, 0.5) is 0 Å². The average molecular weight is 618 g/mol. The lowest BCUT2D eigenvalue weighted by molar-refractivity contribution is 0.488. The Kier molecular flexibility index (Phi) is 6.31. The van der Waals surface area contributed by atoms with Gasteiger partial charge in [-0.25, -0.2) is 0 Å². The van der Waals surface area contributed by atoms with Crippen molar-refractivity contribution in [3.8, 4) is 17.2 Å². The number of fused-ring (bicyclic) bond motifs is 9. The molecular formula is C44H33N4-. The fourth-order valence-electron chi connectivity index (χ4n) is 8.37. The molecule has 48 heavy (non-hydrogen) atoms. The third kappa shape index (κ3) is 4.01. The van der Waals surface area contributed by atoms with E-state index >= 15 is 0 Å². The van der Waals surface area contributed by atoms with Gasteiger partial charge >= 0.3 is 0 Å². The molecule has 1 heterocycles. The van der Waals surface area contributed by atoms with Crippen molar-refractivity contribution in [3.63, 3.8) is 0 Å². The molecule has 4 heteroatoms. The Morgan fingerprint density at radius 3 is 1.85 bits per heavy atom. The molecule has 0 radical (unpaired) electrons. The standard InChI is InChI=1S/C44H33N4/c1-43(2)35-16-8-10-18-37(35)44(38-19-11-9-17-36(38)43)34-15-7-6-14-32(34)33-25-24-31(26-39(33)44)42-47-40(29-12-4-3-5-13-29)46-41(48-42)30-22-20-28(27-45)21-23-30/h3-26,40-41,46H,1-2H3/q-1. The van der Waals surface area contributed by atoms with Gasteiger partial charge in [0.05, 0.1) is 17.0 Å². The molecule has 4 nitrogen and oxygen atoms in total. The third-order valence-corrected chi connectivity index (χ3v) is 10.6. The first-order valence-corrected chi connectivity index (χ1v) is 16.5. The van der Waals surface area contributed by atoms with Crippen LogP contribution in [0.2, 0.25) is 0 Å². The summed E-state index contributed by atoms with van der Waals surface area (Å²) in [4.78, 5) is 5.23. The van der Waals surface area contributed by atoms with Gasteiger partial charge in [-0.3, -0.25) is 0 Å². The van der Waals surface area contributed by atoms with E-state index in [0.717, 1.165) is 16.7 Å². The van der Waals surface area contributed by atoms with Crippen LogP contribution in [-0.2, 0) is 10.8 Å². The Balaban J connectivity index is 1.27. The maximum absolute atomic E-state index is 9.41. The Labute approximate surface area is 281 Å². The normalized spacial score (nSPS) is 19.1. The van der Waals surface area contributed by atoms with Crippen LogP contribution in [0.1, 0.15) is 81.8 Å². The van der Waals surface area contributed by atoms with Crippen LogP contribution < -0.4 is 5.32 Å². The lowest BCUT2D eigenvalue weighted by atomic mass is 9.55. The minimum absolute atomic E-state index is 0.153. The van der Waals surface area contributed by atoms with Gasteiger partial charge in [-0.1, -0.05) is 147 Å². The second-order valence-corrected chi connectivity index (χ2v) is 13.5. The van der Waals surface area contributed by atoms with Crippen LogP contribution >= 0.6 is 0 Å². The minimum atomic E-state index is -0.483. The number of hydrogen-bond acceptors (Lipinski definition) is 3. The SMILES string of the molecule is CC1(C)c2ccccc2C2(c3ccccc3-c3ccc(C4=NC(c5ccc(C#N)cc5)NC(c5ccccc5)[N-]4)cc32)c2ccccc21. The van der Waals surface area contributed by atoms with Crippen molar-refractivity contribution >= 4 is 5.84 Å². The second kappa shape index (κ2) is 10.6. The van der Waals surface area contributed by atoms with Crippen LogP contribution in [0.25, 0.3) is 16.4 Å². The van der Waals surface area contributed by atoms with Crippen LogP contribution in [0.3, 0.4) is 0 Å². The van der Waals surface area contributed by atoms with Gasteiger partial charge in [0.1, 0.15) is 0 Å². The first-order chi connectivity index (χ1) is 23.5. The number of rotatable bonds is 3. The highest BCUT2D eigenvalue weighted by Gasteiger charge is 2.53. The van der Waals surface area contributed by atoms with E-state index in [2.05, 4.69) is 128 Å². The van der Waals surface area contributed by atoms with Gasteiger partial charge in [0.2, 0.25) is 0 Å². The number of hydrogen-bond donors (Lipinski definition) is 1. The highest BCUT2D eigenvalue weighted by Crippen LogP contribution is 2.62. The average Bonchev–Trinajstić information content (AvgIpc) is 3.44. The summed E-state index contributed by atoms with van der Waals surface area (Å²) < 4.78 is 0. The van der Waals surface area contributed by atoms with E-state index in [1.54, 1.807) is 0 Å². The number of nitrogens with zero attached hydrogens (tertiary/aromatic N) is 3. The van der Waals surface area contributed by atoms with Gasteiger partial charge in [0.15, 0.2) is 0 Å². The molecule has 6 aromatic carbocycles. The van der Waals surface area contributed by atoms with Gasteiger partial charge in [-0.15, -0.1) is 0 Å². The van der Waals surface area contributed by atoms with Gasteiger partial charge < -0.3 is 15.6 Å². The fraction of sp³-hybridized carbons (Fsp3) is 0.136. The molecule has 1 spiro atoms. The van der Waals surface area contributed by atoms with Crippen molar-refractivity contribution in [2.75, 3.05) is 0 Å². The molecule has 0 amide bonds. The van der Waals surface area contributed by atoms with Crippen molar-refractivity contribution in [2.24, 2.45) is 4.99 Å². The Bertz CT molecular complexity index is 2240. The number of nitriles is 1. The van der Waals surface area contributed by atoms with E-state index < -0.39 is 5.41 Å². The summed E-state index contributed by atoms with van der Waals surface area (Å²) in [6.45, 7) is 4.71. The second-order valence-electron chi connectivity index (χ2n) is 13.5. The van der Waals surface area contributed by atoms with E-state index in [1.165, 1.54) is 44.5 Å². The zero-order chi connectivity index (χ0) is 32.5. The first-order valence-electron chi connectivity index (χ1n) is 16.5. The highest BCUT2D eigenvalue weighted by molar-refractivity contribution is 6.10. The van der Waals surface area contributed by atoms with Crippen LogP contribution in [0.5, 0.6) is 0 Å². The molecule has 9 rings (SSSR count). The van der Waals surface area contributed by atoms with E-state index in [1.807, 2.05) is 42.5 Å². The zero-order valence-corrected chi connectivity index (χ0v) is 26.9. The Morgan fingerprint density at radius 1 is 0.604 bits per heavy atom. The molecule has 2 unspecified atom stereocenters. The largest absolute Gasteiger partial charge is 0.445 e. The smallest absolute Gasteiger partial charge is 0.0991 e. The first kappa shape index (κ1) is 28.5. The molecular weight excluding hydrogens is 585 g/mol. The van der Waals surface area contributed by atoms with Crippen LogP contribution in [0, 0.1) is 11.3 Å². The quantitative estimate of drug-likeness (QED) is 0.215. The molecule has 0 saturated carbocycles. The van der Waals surface area contributed by atoms with E-state index in [4.69, 9.17) is 10.3 Å². The topological polar surface area (TPSA) is 62.3 Å². The molecule has 0 saturated heterocycles. The van der Waals surface area contributed by atoms with Crippen LogP contribution in [-0.4, -0.2) is 5.84 Å². The third-order valence-electron chi connectivity index (χ3n) is 10.6. The molecule has 2 atom stereocenters. The zero-order valence-electron chi connectivity index (χ0n) is 26.9. The summed E-state index contributed by atoms with van der Waals surface area (Å²) in [7, 11) is 0. The maximum Gasteiger partial charge on any atom is 0.0991 e.